The van der Waals surface area contributed by atoms with Gasteiger partial charge in [-0.15, -0.1) is 0 Å². The quantitative estimate of drug-likeness (QED) is 0.442. The summed E-state index contributed by atoms with van der Waals surface area (Å²) in [7, 11) is -4.01. The van der Waals surface area contributed by atoms with Crippen molar-refractivity contribution >= 4 is 38.3 Å². The topological polar surface area (TPSA) is 150 Å². The molecule has 1 aromatic heterocycles. The molecule has 136 valence electrons. The van der Waals surface area contributed by atoms with Crippen LogP contribution in [0.4, 0.5) is 15.8 Å². The van der Waals surface area contributed by atoms with Gasteiger partial charge in [-0.3, -0.25) is 4.79 Å². The highest BCUT2D eigenvalue weighted by molar-refractivity contribution is 7.89. The average molecular weight is 379 g/mol. The number of halogens is 1. The Labute approximate surface area is 146 Å². The maximum absolute atomic E-state index is 13.9. The minimum atomic E-state index is -4.01. The van der Waals surface area contributed by atoms with Crippen molar-refractivity contribution in [2.24, 2.45) is 5.14 Å². The van der Waals surface area contributed by atoms with Crippen molar-refractivity contribution in [2.75, 3.05) is 17.2 Å². The molecular weight excluding hydrogens is 365 g/mol. The molecule has 11 heteroatoms. The second-order valence-corrected chi connectivity index (χ2v) is 6.96. The zero-order chi connectivity index (χ0) is 18.9. The number of sulfonamides is 1. The molecule has 3 aromatic rings. The second kappa shape index (κ2) is 6.61. The number of amides is 1. The minimum absolute atomic E-state index is 0.0548. The summed E-state index contributed by atoms with van der Waals surface area (Å²) in [5.41, 5.74) is 0.898. The number of aromatic nitrogens is 2. The third-order valence-electron chi connectivity index (χ3n) is 3.53. The lowest BCUT2D eigenvalue weighted by Crippen LogP contribution is -2.22. The first-order chi connectivity index (χ1) is 12.2. The van der Waals surface area contributed by atoms with E-state index in [2.05, 4.69) is 20.6 Å². The number of rotatable bonds is 5. The number of H-pyrrole nitrogens is 2. The number of hydrogen-bond donors (Lipinski definition) is 5. The van der Waals surface area contributed by atoms with Gasteiger partial charge in [0.25, 0.3) is 0 Å². The first kappa shape index (κ1) is 17.6. The molecule has 0 aliphatic carbocycles. The van der Waals surface area contributed by atoms with Gasteiger partial charge >= 0.3 is 5.69 Å². The maximum atomic E-state index is 13.9. The van der Waals surface area contributed by atoms with Crippen LogP contribution in [0.25, 0.3) is 11.0 Å². The number of nitrogens with two attached hydrogens (primary N) is 1. The van der Waals surface area contributed by atoms with Gasteiger partial charge in [-0.25, -0.2) is 22.7 Å². The summed E-state index contributed by atoms with van der Waals surface area (Å²) in [5, 5.41) is 10.1. The third kappa shape index (κ3) is 3.73. The van der Waals surface area contributed by atoms with Gasteiger partial charge in [-0.2, -0.15) is 0 Å². The van der Waals surface area contributed by atoms with Gasteiger partial charge in [0.15, 0.2) is 0 Å². The Bertz CT molecular complexity index is 1150. The molecule has 0 atom stereocenters. The number of aromatic amines is 2. The molecule has 0 aliphatic heterocycles. The Balaban J connectivity index is 1.70. The number of carbonyl (C=O) groups is 1. The zero-order valence-electron chi connectivity index (χ0n) is 13.2. The lowest BCUT2D eigenvalue weighted by molar-refractivity contribution is -0.114. The van der Waals surface area contributed by atoms with Gasteiger partial charge in [0, 0.05) is 0 Å². The Morgan fingerprint density at radius 2 is 1.92 bits per heavy atom. The van der Waals surface area contributed by atoms with Crippen LogP contribution in [-0.4, -0.2) is 30.8 Å². The first-order valence-electron chi connectivity index (χ1n) is 7.31. The number of anilines is 2. The van der Waals surface area contributed by atoms with Crippen molar-refractivity contribution in [1.82, 2.24) is 9.97 Å². The number of imidazole rings is 1. The Kier molecular flexibility index (Phi) is 4.49. The maximum Gasteiger partial charge on any atom is 0.323 e. The molecule has 26 heavy (non-hydrogen) atoms. The highest BCUT2D eigenvalue weighted by atomic mass is 32.2. The molecule has 0 saturated heterocycles. The fourth-order valence-electron chi connectivity index (χ4n) is 2.35. The van der Waals surface area contributed by atoms with Crippen molar-refractivity contribution in [3.8, 4) is 0 Å². The van der Waals surface area contributed by atoms with Crippen LogP contribution < -0.4 is 21.5 Å². The van der Waals surface area contributed by atoms with Gasteiger partial charge in [0.2, 0.25) is 15.9 Å². The van der Waals surface area contributed by atoms with Gasteiger partial charge in [0.05, 0.1) is 33.8 Å². The number of primary sulfonamides is 1. The van der Waals surface area contributed by atoms with Crippen LogP contribution in [0.2, 0.25) is 0 Å². The molecule has 0 unspecified atom stereocenters. The fourth-order valence-corrected chi connectivity index (χ4v) is 2.87. The molecule has 0 saturated carbocycles. The predicted molar refractivity (Wildman–Crippen MR) is 93.8 cm³/mol. The molecule has 0 bridgehead atoms. The van der Waals surface area contributed by atoms with Crippen molar-refractivity contribution in [1.29, 1.82) is 0 Å². The van der Waals surface area contributed by atoms with Crippen LogP contribution in [0.1, 0.15) is 0 Å². The summed E-state index contributed by atoms with van der Waals surface area (Å²) in [4.78, 5) is 28.2. The van der Waals surface area contributed by atoms with Crippen LogP contribution in [-0.2, 0) is 14.8 Å². The molecule has 0 spiro atoms. The van der Waals surface area contributed by atoms with Gasteiger partial charge in [-0.1, -0.05) is 6.07 Å². The van der Waals surface area contributed by atoms with Crippen LogP contribution in [0.15, 0.2) is 46.1 Å². The summed E-state index contributed by atoms with van der Waals surface area (Å²) in [6, 6.07) is 7.99. The number of fused-ring (bicyclic) bond motifs is 1. The Hall–Kier alpha value is -3.18. The number of carbonyl (C=O) groups excluding carboxylic acids is 1. The molecule has 1 heterocycles. The summed E-state index contributed by atoms with van der Waals surface area (Å²) in [6.45, 7) is -0.281. The smallest absolute Gasteiger partial charge is 0.323 e. The molecule has 2 aromatic carbocycles. The number of nitrogens with one attached hydrogen (secondary N) is 4. The van der Waals surface area contributed by atoms with E-state index in [-0.39, 0.29) is 17.1 Å². The molecule has 0 radical (unpaired) electrons. The molecule has 0 aliphatic rings. The van der Waals surface area contributed by atoms with Gasteiger partial charge < -0.3 is 20.6 Å². The molecule has 0 fully saturated rings. The van der Waals surface area contributed by atoms with E-state index in [4.69, 9.17) is 5.14 Å². The largest absolute Gasteiger partial charge is 0.374 e. The number of hydrogen-bond acceptors (Lipinski definition) is 5. The van der Waals surface area contributed by atoms with E-state index < -0.39 is 27.4 Å². The summed E-state index contributed by atoms with van der Waals surface area (Å²) >= 11 is 0. The van der Waals surface area contributed by atoms with Crippen LogP contribution in [0.3, 0.4) is 0 Å². The van der Waals surface area contributed by atoms with Gasteiger partial charge in [-0.05, 0) is 30.3 Å². The molecule has 9 nitrogen and oxygen atoms in total. The molecule has 6 N–H and O–H groups in total. The SMILES string of the molecule is NS(=O)(=O)c1ccc(NCC(=O)Nc2cccc3[nH]c(=O)[nH]c23)c(F)c1. The lowest BCUT2D eigenvalue weighted by atomic mass is 10.2. The van der Waals surface area contributed by atoms with E-state index in [1.54, 1.807) is 18.2 Å². The monoisotopic (exact) mass is 379 g/mol. The summed E-state index contributed by atoms with van der Waals surface area (Å²) in [5.74, 6) is -1.35. The number of benzene rings is 2. The average Bonchev–Trinajstić information content (AvgIpc) is 2.94. The first-order valence-corrected chi connectivity index (χ1v) is 8.86. The Morgan fingerprint density at radius 3 is 2.62 bits per heavy atom. The van der Waals surface area contributed by atoms with E-state index >= 15 is 0 Å². The van der Waals surface area contributed by atoms with E-state index in [9.17, 15) is 22.4 Å². The Morgan fingerprint density at radius 1 is 1.15 bits per heavy atom. The molecule has 3 rings (SSSR count). The van der Waals surface area contributed by atoms with E-state index in [0.29, 0.717) is 16.7 Å². The zero-order valence-corrected chi connectivity index (χ0v) is 14.0. The highest BCUT2D eigenvalue weighted by Crippen LogP contribution is 2.19. The third-order valence-corrected chi connectivity index (χ3v) is 4.44. The fraction of sp³-hybridized carbons (Fsp3) is 0.0667. The second-order valence-electron chi connectivity index (χ2n) is 5.40. The van der Waals surface area contributed by atoms with Crippen LogP contribution >= 0.6 is 0 Å². The van der Waals surface area contributed by atoms with Crippen LogP contribution in [0, 0.1) is 5.82 Å². The summed E-state index contributed by atoms with van der Waals surface area (Å²) < 4.78 is 36.3. The van der Waals surface area contributed by atoms with Crippen molar-refractivity contribution in [3.05, 3.63) is 52.7 Å². The van der Waals surface area contributed by atoms with Crippen molar-refractivity contribution < 1.29 is 17.6 Å². The van der Waals surface area contributed by atoms with E-state index in [1.165, 1.54) is 6.07 Å². The normalized spacial score (nSPS) is 11.5. The standard InChI is InChI=1S/C15H14FN5O4S/c16-9-6-8(26(17,24)25)4-5-10(9)18-7-13(22)19-11-2-1-3-12-14(11)21-15(23)20-12/h1-6,18H,7H2,(H,19,22)(H2,17,24,25)(H2,20,21,23). The van der Waals surface area contributed by atoms with Gasteiger partial charge in [0.1, 0.15) is 5.82 Å². The van der Waals surface area contributed by atoms with E-state index in [0.717, 1.165) is 12.1 Å². The van der Waals surface area contributed by atoms with E-state index in [1.807, 2.05) is 0 Å². The van der Waals surface area contributed by atoms with Crippen LogP contribution in [0.5, 0.6) is 0 Å². The predicted octanol–water partition coefficient (Wildman–Crippen LogP) is 0.693. The van der Waals surface area contributed by atoms with Crippen molar-refractivity contribution in [3.63, 3.8) is 0 Å². The minimum Gasteiger partial charge on any atom is -0.374 e. The van der Waals surface area contributed by atoms with Crippen molar-refractivity contribution in [2.45, 2.75) is 4.90 Å². The summed E-state index contributed by atoms with van der Waals surface area (Å²) in [6.07, 6.45) is 0. The molecule has 1 amide bonds. The molecular formula is C15H14FN5O4S. The number of para-hydroxylation sites is 1. The lowest BCUT2D eigenvalue weighted by Gasteiger charge is -2.10. The highest BCUT2D eigenvalue weighted by Gasteiger charge is 2.13.